The van der Waals surface area contributed by atoms with E-state index in [2.05, 4.69) is 40.9 Å². The Balaban J connectivity index is 2.07. The third kappa shape index (κ3) is 4.71. The van der Waals surface area contributed by atoms with Crippen LogP contribution in [0.25, 0.3) is 0 Å². The van der Waals surface area contributed by atoms with Crippen molar-refractivity contribution in [1.29, 1.82) is 0 Å². The molecule has 0 amide bonds. The summed E-state index contributed by atoms with van der Waals surface area (Å²) >= 11 is 0. The van der Waals surface area contributed by atoms with Crippen LogP contribution in [0.1, 0.15) is 37.7 Å². The molecule has 0 aliphatic heterocycles. The maximum Gasteiger partial charge on any atom is 0.0510 e. The van der Waals surface area contributed by atoms with Crippen LogP contribution in [0.15, 0.2) is 48.1 Å². The molecular formula is C18H26N2O. The van der Waals surface area contributed by atoms with E-state index in [4.69, 9.17) is 5.21 Å². The van der Waals surface area contributed by atoms with Gasteiger partial charge in [0, 0.05) is 25.0 Å². The molecule has 1 aliphatic carbocycles. The molecule has 0 unspecified atom stereocenters. The van der Waals surface area contributed by atoms with Crippen LogP contribution in [-0.2, 0) is 6.54 Å². The molecule has 1 aromatic rings. The molecule has 0 bridgehead atoms. The lowest BCUT2D eigenvalue weighted by molar-refractivity contribution is 0.167. The summed E-state index contributed by atoms with van der Waals surface area (Å²) in [6.45, 7) is 6.58. The second-order valence-electron chi connectivity index (χ2n) is 6.11. The highest BCUT2D eigenvalue weighted by molar-refractivity contribution is 5.65. The van der Waals surface area contributed by atoms with Crippen molar-refractivity contribution < 1.29 is 5.21 Å². The number of oxime groups is 1. The first kappa shape index (κ1) is 15.8. The van der Waals surface area contributed by atoms with Gasteiger partial charge in [-0.1, -0.05) is 55.7 Å². The zero-order valence-corrected chi connectivity index (χ0v) is 12.7. The van der Waals surface area contributed by atoms with Gasteiger partial charge in [-0.25, -0.2) is 0 Å². The van der Waals surface area contributed by atoms with Crippen LogP contribution in [0.4, 0.5) is 0 Å². The third-order valence-corrected chi connectivity index (χ3v) is 4.36. The lowest BCUT2D eigenvalue weighted by Gasteiger charge is -2.37. The Morgan fingerprint density at radius 1 is 1.19 bits per heavy atom. The van der Waals surface area contributed by atoms with E-state index in [9.17, 15) is 0 Å². The zero-order chi connectivity index (χ0) is 15.0. The normalized spacial score (nSPS) is 18.1. The summed E-state index contributed by atoms with van der Waals surface area (Å²) in [6, 6.07) is 10.5. The highest BCUT2D eigenvalue weighted by Gasteiger charge is 2.32. The Morgan fingerprint density at radius 3 is 2.52 bits per heavy atom. The average Bonchev–Trinajstić information content (AvgIpc) is 2.49. The van der Waals surface area contributed by atoms with Gasteiger partial charge < -0.3 is 5.21 Å². The van der Waals surface area contributed by atoms with Crippen LogP contribution in [0.2, 0.25) is 0 Å². The van der Waals surface area contributed by atoms with E-state index < -0.39 is 0 Å². The van der Waals surface area contributed by atoms with Gasteiger partial charge in [0.15, 0.2) is 0 Å². The molecule has 0 heterocycles. The predicted molar refractivity (Wildman–Crippen MR) is 87.7 cm³/mol. The first-order valence-electron chi connectivity index (χ1n) is 7.84. The van der Waals surface area contributed by atoms with Gasteiger partial charge in [0.2, 0.25) is 0 Å². The second-order valence-corrected chi connectivity index (χ2v) is 6.11. The summed E-state index contributed by atoms with van der Waals surface area (Å²) < 4.78 is 0. The molecule has 0 atom stereocenters. The minimum atomic E-state index is 0.0186. The highest BCUT2D eigenvalue weighted by atomic mass is 16.4. The van der Waals surface area contributed by atoms with Crippen molar-refractivity contribution in [3.8, 4) is 0 Å². The highest BCUT2D eigenvalue weighted by Crippen LogP contribution is 2.35. The van der Waals surface area contributed by atoms with Crippen LogP contribution >= 0.6 is 0 Å². The summed E-state index contributed by atoms with van der Waals surface area (Å²) in [5, 5.41) is 12.4. The standard InChI is InChI=1S/C18H26N2O/c1-2-13-20(14-17-9-5-3-6-10-17)16-18(15-19-21)11-7-4-8-12-18/h2-3,5-6,9-10,15,21H,1,4,7-8,11-14,16H2/b19-15+. The molecule has 1 aliphatic rings. The molecule has 1 N–H and O–H groups in total. The average molecular weight is 286 g/mol. The van der Waals surface area contributed by atoms with Gasteiger partial charge in [0.1, 0.15) is 0 Å². The molecule has 1 saturated carbocycles. The van der Waals surface area contributed by atoms with Crippen molar-refractivity contribution in [2.45, 2.75) is 38.6 Å². The minimum absolute atomic E-state index is 0.0186. The van der Waals surface area contributed by atoms with E-state index in [-0.39, 0.29) is 5.41 Å². The molecule has 114 valence electrons. The van der Waals surface area contributed by atoms with E-state index in [0.717, 1.165) is 32.5 Å². The fraction of sp³-hybridized carbons (Fsp3) is 0.500. The number of hydrogen-bond acceptors (Lipinski definition) is 3. The topological polar surface area (TPSA) is 35.8 Å². The zero-order valence-electron chi connectivity index (χ0n) is 12.7. The van der Waals surface area contributed by atoms with Gasteiger partial charge >= 0.3 is 0 Å². The monoisotopic (exact) mass is 286 g/mol. The molecule has 0 radical (unpaired) electrons. The second kappa shape index (κ2) is 7.99. The molecule has 3 heteroatoms. The fourth-order valence-corrected chi connectivity index (χ4v) is 3.36. The van der Waals surface area contributed by atoms with E-state index in [1.807, 2.05) is 12.1 Å². The molecule has 0 saturated heterocycles. The Kier molecular flexibility index (Phi) is 6.00. The van der Waals surface area contributed by atoms with E-state index in [1.165, 1.54) is 24.8 Å². The molecule has 1 fully saturated rings. The van der Waals surface area contributed by atoms with Crippen molar-refractivity contribution in [3.05, 3.63) is 48.6 Å². The van der Waals surface area contributed by atoms with Crippen LogP contribution in [-0.4, -0.2) is 29.4 Å². The number of nitrogens with zero attached hydrogens (tertiary/aromatic N) is 2. The van der Waals surface area contributed by atoms with Gasteiger partial charge in [-0.3, -0.25) is 4.90 Å². The molecule has 21 heavy (non-hydrogen) atoms. The SMILES string of the molecule is C=CCN(Cc1ccccc1)CC1(/C=N/O)CCCCC1. The van der Waals surface area contributed by atoms with Gasteiger partial charge in [-0.15, -0.1) is 11.7 Å². The molecule has 3 nitrogen and oxygen atoms in total. The molecule has 1 aromatic carbocycles. The summed E-state index contributed by atoms with van der Waals surface area (Å²) in [5.41, 5.74) is 1.33. The van der Waals surface area contributed by atoms with Crippen LogP contribution in [0.5, 0.6) is 0 Å². The maximum atomic E-state index is 9.05. The predicted octanol–water partition coefficient (Wildman–Crippen LogP) is 4.09. The van der Waals surface area contributed by atoms with Gasteiger partial charge in [-0.2, -0.15) is 0 Å². The van der Waals surface area contributed by atoms with Crippen molar-refractivity contribution in [3.63, 3.8) is 0 Å². The maximum absolute atomic E-state index is 9.05. The van der Waals surface area contributed by atoms with Crippen molar-refractivity contribution in [2.75, 3.05) is 13.1 Å². The van der Waals surface area contributed by atoms with Gasteiger partial charge in [0.05, 0.1) is 6.21 Å². The Labute approximate surface area is 128 Å². The summed E-state index contributed by atoms with van der Waals surface area (Å²) in [4.78, 5) is 2.40. The lowest BCUT2D eigenvalue weighted by atomic mass is 9.74. The van der Waals surface area contributed by atoms with Gasteiger partial charge in [0.25, 0.3) is 0 Å². The first-order chi connectivity index (χ1) is 10.3. The van der Waals surface area contributed by atoms with Crippen molar-refractivity contribution in [2.24, 2.45) is 10.6 Å². The minimum Gasteiger partial charge on any atom is -0.411 e. The number of rotatable bonds is 7. The quantitative estimate of drug-likeness (QED) is 0.355. The van der Waals surface area contributed by atoms with E-state index in [1.54, 1.807) is 6.21 Å². The molecule has 2 rings (SSSR count). The molecular weight excluding hydrogens is 260 g/mol. The summed E-state index contributed by atoms with van der Waals surface area (Å²) in [5.74, 6) is 0. The third-order valence-electron chi connectivity index (χ3n) is 4.36. The van der Waals surface area contributed by atoms with E-state index in [0.29, 0.717) is 0 Å². The molecule has 0 aromatic heterocycles. The van der Waals surface area contributed by atoms with Crippen molar-refractivity contribution >= 4 is 6.21 Å². The van der Waals surface area contributed by atoms with Crippen LogP contribution < -0.4 is 0 Å². The van der Waals surface area contributed by atoms with Crippen LogP contribution in [0, 0.1) is 5.41 Å². The Bertz CT molecular complexity index is 450. The number of hydrogen-bond donors (Lipinski definition) is 1. The largest absolute Gasteiger partial charge is 0.411 e. The van der Waals surface area contributed by atoms with Crippen LogP contribution in [0.3, 0.4) is 0 Å². The lowest BCUT2D eigenvalue weighted by Crippen LogP contribution is -2.40. The van der Waals surface area contributed by atoms with Gasteiger partial charge in [-0.05, 0) is 18.4 Å². The smallest absolute Gasteiger partial charge is 0.0510 e. The van der Waals surface area contributed by atoms with Crippen molar-refractivity contribution in [1.82, 2.24) is 4.90 Å². The fourth-order valence-electron chi connectivity index (χ4n) is 3.36. The summed E-state index contributed by atoms with van der Waals surface area (Å²) in [6.07, 6.45) is 9.68. The molecule has 0 spiro atoms. The first-order valence-corrected chi connectivity index (χ1v) is 7.84. The Hall–Kier alpha value is -1.61. The Morgan fingerprint density at radius 2 is 1.90 bits per heavy atom. The summed E-state index contributed by atoms with van der Waals surface area (Å²) in [7, 11) is 0. The van der Waals surface area contributed by atoms with E-state index >= 15 is 0 Å². The number of benzene rings is 1.